The molecule has 0 amide bonds. The molecule has 0 unspecified atom stereocenters. The van der Waals surface area contributed by atoms with E-state index in [1.54, 1.807) is 0 Å². The van der Waals surface area contributed by atoms with Gasteiger partial charge in [0.25, 0.3) is 0 Å². The van der Waals surface area contributed by atoms with Gasteiger partial charge in [0.2, 0.25) is 0 Å². The average Bonchev–Trinajstić information content (AvgIpc) is 3.27. The van der Waals surface area contributed by atoms with E-state index >= 15 is 0 Å². The van der Waals surface area contributed by atoms with Crippen LogP contribution in [-0.2, 0) is 12.8 Å². The lowest BCUT2D eigenvalue weighted by Gasteiger charge is -2.05. The average molecular weight is 336 g/mol. The highest BCUT2D eigenvalue weighted by molar-refractivity contribution is 5.84. The number of hydrogen-bond donors (Lipinski definition) is 2. The van der Waals surface area contributed by atoms with E-state index in [1.165, 1.54) is 44.1 Å². The van der Waals surface area contributed by atoms with E-state index in [2.05, 4.69) is 95.2 Å². The van der Waals surface area contributed by atoms with Gasteiger partial charge in [0.05, 0.1) is 0 Å². The zero-order chi connectivity index (χ0) is 17.3. The monoisotopic (exact) mass is 336 g/mol. The van der Waals surface area contributed by atoms with Crippen LogP contribution in [0.4, 0.5) is 0 Å². The summed E-state index contributed by atoms with van der Waals surface area (Å²) in [6.07, 6.45) is 6.17. The van der Waals surface area contributed by atoms with Crippen LogP contribution in [0, 0.1) is 0 Å². The second-order valence-corrected chi connectivity index (χ2v) is 6.89. The molecule has 3 aromatic carbocycles. The first-order chi connectivity index (χ1) is 12.9. The molecule has 0 atom stereocenters. The van der Waals surface area contributed by atoms with Gasteiger partial charge >= 0.3 is 0 Å². The van der Waals surface area contributed by atoms with Crippen LogP contribution in [0.25, 0.3) is 21.8 Å². The number of para-hydroxylation sites is 2. The van der Waals surface area contributed by atoms with Crippen molar-refractivity contribution in [2.45, 2.75) is 12.8 Å². The summed E-state index contributed by atoms with van der Waals surface area (Å²) >= 11 is 0. The van der Waals surface area contributed by atoms with Gasteiger partial charge < -0.3 is 9.97 Å². The normalized spacial score (nSPS) is 11.4. The molecular weight excluding hydrogens is 316 g/mol. The summed E-state index contributed by atoms with van der Waals surface area (Å²) in [4.78, 5) is 6.75. The lowest BCUT2D eigenvalue weighted by Crippen LogP contribution is -1.91. The van der Waals surface area contributed by atoms with Crippen LogP contribution in [0.3, 0.4) is 0 Å². The Labute approximate surface area is 152 Å². The van der Waals surface area contributed by atoms with Crippen LogP contribution >= 0.6 is 0 Å². The van der Waals surface area contributed by atoms with Gasteiger partial charge in [0.1, 0.15) is 0 Å². The molecule has 2 heterocycles. The Morgan fingerprint density at radius 3 is 1.58 bits per heavy atom. The van der Waals surface area contributed by atoms with Gasteiger partial charge in [-0.2, -0.15) is 0 Å². The molecular formula is C24H20N2. The fourth-order valence-corrected chi connectivity index (χ4v) is 3.85. The fraction of sp³-hybridized carbons (Fsp3) is 0.0833. The largest absolute Gasteiger partial charge is 0.361 e. The van der Waals surface area contributed by atoms with Crippen LogP contribution < -0.4 is 0 Å². The van der Waals surface area contributed by atoms with Crippen molar-refractivity contribution in [3.8, 4) is 0 Å². The number of hydrogen-bond acceptors (Lipinski definition) is 0. The summed E-state index contributed by atoms with van der Waals surface area (Å²) in [5.41, 5.74) is 7.82. The first-order valence-electron chi connectivity index (χ1n) is 9.04. The van der Waals surface area contributed by atoms with E-state index in [0.717, 1.165) is 12.8 Å². The van der Waals surface area contributed by atoms with Crippen molar-refractivity contribution in [2.24, 2.45) is 0 Å². The predicted molar refractivity (Wildman–Crippen MR) is 109 cm³/mol. The smallest absolute Gasteiger partial charge is 0.0456 e. The first-order valence-corrected chi connectivity index (χ1v) is 9.04. The topological polar surface area (TPSA) is 31.6 Å². The fourth-order valence-electron chi connectivity index (χ4n) is 3.85. The van der Waals surface area contributed by atoms with Crippen LogP contribution in [-0.4, -0.2) is 9.97 Å². The van der Waals surface area contributed by atoms with Crippen molar-refractivity contribution in [1.29, 1.82) is 0 Å². The molecule has 126 valence electrons. The van der Waals surface area contributed by atoms with Crippen molar-refractivity contribution < 1.29 is 0 Å². The van der Waals surface area contributed by atoms with Crippen LogP contribution in [0.1, 0.15) is 22.3 Å². The van der Waals surface area contributed by atoms with Crippen LogP contribution in [0.15, 0.2) is 85.2 Å². The second-order valence-electron chi connectivity index (χ2n) is 6.89. The molecule has 0 radical (unpaired) electrons. The Bertz CT molecular complexity index is 1100. The summed E-state index contributed by atoms with van der Waals surface area (Å²) < 4.78 is 0. The molecule has 2 aromatic heterocycles. The van der Waals surface area contributed by atoms with Gasteiger partial charge in [-0.15, -0.1) is 0 Å². The van der Waals surface area contributed by atoms with E-state index in [0.29, 0.717) is 0 Å². The molecule has 0 fully saturated rings. The third kappa shape index (κ3) is 2.70. The molecule has 0 aliphatic carbocycles. The standard InChI is InChI=1S/C24H20N2/c1-3-10-23-21(8-1)19(15-25-23)13-17-6-5-7-18(12-17)14-20-16-26-24-11-4-2-9-22(20)24/h1-12,15-16,25-26H,13-14H2. The second kappa shape index (κ2) is 6.23. The zero-order valence-electron chi connectivity index (χ0n) is 14.5. The van der Waals surface area contributed by atoms with Crippen molar-refractivity contribution in [3.05, 3.63) is 107 Å². The Balaban J connectivity index is 1.44. The van der Waals surface area contributed by atoms with E-state index in [1.807, 2.05) is 0 Å². The van der Waals surface area contributed by atoms with Gasteiger partial charge in [-0.25, -0.2) is 0 Å². The van der Waals surface area contributed by atoms with Crippen LogP contribution in [0.5, 0.6) is 0 Å². The molecule has 0 saturated carbocycles. The number of H-pyrrole nitrogens is 2. The minimum absolute atomic E-state index is 0.950. The summed E-state index contributed by atoms with van der Waals surface area (Å²) in [6, 6.07) is 26.0. The lowest BCUT2D eigenvalue weighted by molar-refractivity contribution is 1.15. The summed E-state index contributed by atoms with van der Waals surface area (Å²) in [5, 5.41) is 2.63. The van der Waals surface area contributed by atoms with Crippen LogP contribution in [0.2, 0.25) is 0 Å². The molecule has 0 aliphatic rings. The van der Waals surface area contributed by atoms with E-state index in [4.69, 9.17) is 0 Å². The molecule has 0 saturated heterocycles. The molecule has 0 spiro atoms. The minimum Gasteiger partial charge on any atom is -0.361 e. The maximum Gasteiger partial charge on any atom is 0.0456 e. The molecule has 0 aliphatic heterocycles. The van der Waals surface area contributed by atoms with Crippen molar-refractivity contribution in [3.63, 3.8) is 0 Å². The van der Waals surface area contributed by atoms with Gasteiger partial charge in [-0.1, -0.05) is 60.7 Å². The quantitative estimate of drug-likeness (QED) is 0.414. The molecule has 5 aromatic rings. The summed E-state index contributed by atoms with van der Waals surface area (Å²) in [6.45, 7) is 0. The molecule has 26 heavy (non-hydrogen) atoms. The maximum atomic E-state index is 3.38. The SMILES string of the molecule is c1cc(Cc2c[nH]c3ccccc23)cc(Cc2c[nH]c3ccccc23)c1. The Kier molecular flexibility index (Phi) is 3.60. The van der Waals surface area contributed by atoms with Crippen molar-refractivity contribution in [2.75, 3.05) is 0 Å². The molecule has 2 nitrogen and oxygen atoms in total. The Morgan fingerprint density at radius 1 is 0.538 bits per heavy atom. The number of aromatic nitrogens is 2. The molecule has 2 N–H and O–H groups in total. The van der Waals surface area contributed by atoms with Gasteiger partial charge in [-0.05, 0) is 47.2 Å². The van der Waals surface area contributed by atoms with Gasteiger partial charge in [-0.3, -0.25) is 0 Å². The van der Waals surface area contributed by atoms with E-state index < -0.39 is 0 Å². The van der Waals surface area contributed by atoms with E-state index in [9.17, 15) is 0 Å². The Hall–Kier alpha value is -3.26. The molecule has 2 heteroatoms. The number of benzene rings is 3. The number of fused-ring (bicyclic) bond motifs is 2. The van der Waals surface area contributed by atoms with Gasteiger partial charge in [0.15, 0.2) is 0 Å². The van der Waals surface area contributed by atoms with Gasteiger partial charge in [0, 0.05) is 34.2 Å². The Morgan fingerprint density at radius 2 is 1.04 bits per heavy atom. The number of nitrogens with one attached hydrogen (secondary N) is 2. The highest BCUT2D eigenvalue weighted by Gasteiger charge is 2.07. The van der Waals surface area contributed by atoms with Crippen molar-refractivity contribution >= 4 is 21.8 Å². The first kappa shape index (κ1) is 15.0. The highest BCUT2D eigenvalue weighted by Crippen LogP contribution is 2.24. The predicted octanol–water partition coefficient (Wildman–Crippen LogP) is 5.83. The number of rotatable bonds is 4. The zero-order valence-corrected chi connectivity index (χ0v) is 14.5. The highest BCUT2D eigenvalue weighted by atomic mass is 14.7. The lowest BCUT2D eigenvalue weighted by atomic mass is 9.99. The summed E-state index contributed by atoms with van der Waals surface area (Å²) in [5.74, 6) is 0. The minimum atomic E-state index is 0.950. The molecule has 0 bridgehead atoms. The summed E-state index contributed by atoms with van der Waals surface area (Å²) in [7, 11) is 0. The third-order valence-electron chi connectivity index (χ3n) is 5.13. The maximum absolute atomic E-state index is 3.38. The number of aromatic amines is 2. The van der Waals surface area contributed by atoms with E-state index in [-0.39, 0.29) is 0 Å². The third-order valence-corrected chi connectivity index (χ3v) is 5.13. The molecule has 5 rings (SSSR count). The van der Waals surface area contributed by atoms with Crippen molar-refractivity contribution in [1.82, 2.24) is 9.97 Å².